The molecule has 0 bridgehead atoms. The van der Waals surface area contributed by atoms with E-state index in [0.717, 1.165) is 0 Å². The summed E-state index contributed by atoms with van der Waals surface area (Å²) in [7, 11) is 0. The highest BCUT2D eigenvalue weighted by Crippen LogP contribution is 2.46. The van der Waals surface area contributed by atoms with Crippen molar-refractivity contribution in [3.63, 3.8) is 0 Å². The smallest absolute Gasteiger partial charge is 0.0502 e. The zero-order valence-corrected chi connectivity index (χ0v) is 26.5. The molecule has 0 fully saturated rings. The molecule has 0 aliphatic heterocycles. The minimum absolute atomic E-state index is 0.0240. The zero-order chi connectivity index (χ0) is 29.3. The summed E-state index contributed by atoms with van der Waals surface area (Å²) in [6, 6.07) is 32.3. The third kappa shape index (κ3) is 4.58. The Morgan fingerprint density at radius 1 is 0.525 bits per heavy atom. The van der Waals surface area contributed by atoms with E-state index in [4.69, 9.17) is 0 Å². The second kappa shape index (κ2) is 9.37. The summed E-state index contributed by atoms with van der Waals surface area (Å²) < 4.78 is 2.52. The lowest BCUT2D eigenvalue weighted by Crippen LogP contribution is -2.40. The van der Waals surface area contributed by atoms with Crippen LogP contribution in [0.5, 0.6) is 0 Å². The topological polar surface area (TPSA) is 4.93 Å². The number of hydrogen-bond donors (Lipinski definition) is 0. The summed E-state index contributed by atoms with van der Waals surface area (Å²) >= 11 is 0. The highest BCUT2D eigenvalue weighted by atomic mass is 15.0. The van der Waals surface area contributed by atoms with Crippen molar-refractivity contribution in [2.24, 2.45) is 0 Å². The van der Waals surface area contributed by atoms with Gasteiger partial charge >= 0.3 is 0 Å². The van der Waals surface area contributed by atoms with Gasteiger partial charge in [-0.3, -0.25) is 0 Å². The predicted molar refractivity (Wildman–Crippen MR) is 176 cm³/mol. The van der Waals surface area contributed by atoms with Gasteiger partial charge in [0.15, 0.2) is 0 Å². The predicted octanol–water partition coefficient (Wildman–Crippen LogP) is 11.1. The Morgan fingerprint density at radius 2 is 1.10 bits per heavy atom. The maximum atomic E-state index is 2.52. The summed E-state index contributed by atoms with van der Waals surface area (Å²) in [5.74, 6) is 0. The third-order valence-electron chi connectivity index (χ3n) is 9.54. The molecule has 0 unspecified atom stereocenters. The Balaban J connectivity index is 1.75. The Bertz CT molecular complexity index is 1690. The van der Waals surface area contributed by atoms with E-state index in [1.165, 1.54) is 55.2 Å². The molecule has 4 aromatic carbocycles. The van der Waals surface area contributed by atoms with Gasteiger partial charge in [0, 0.05) is 21.8 Å². The van der Waals surface area contributed by atoms with Crippen LogP contribution in [0, 0.1) is 6.92 Å². The maximum Gasteiger partial charge on any atom is 0.0502 e. The van der Waals surface area contributed by atoms with Gasteiger partial charge in [0.2, 0.25) is 0 Å². The second-order valence-electron chi connectivity index (χ2n) is 14.9. The number of fused-ring (bicyclic) bond motifs is 3. The van der Waals surface area contributed by atoms with Crippen molar-refractivity contribution in [1.82, 2.24) is 4.57 Å². The normalized spacial score (nSPS) is 13.4. The first-order chi connectivity index (χ1) is 18.5. The first-order valence-electron chi connectivity index (χ1n) is 14.8. The Labute approximate surface area is 242 Å². The van der Waals surface area contributed by atoms with E-state index >= 15 is 0 Å². The molecule has 0 saturated carbocycles. The van der Waals surface area contributed by atoms with E-state index in [2.05, 4.69) is 166 Å². The van der Waals surface area contributed by atoms with Crippen molar-refractivity contribution in [1.29, 1.82) is 0 Å². The molecular weight excluding hydrogens is 482 g/mol. The number of para-hydroxylation sites is 1. The van der Waals surface area contributed by atoms with E-state index in [-0.39, 0.29) is 21.8 Å². The van der Waals surface area contributed by atoms with Crippen molar-refractivity contribution >= 4 is 21.8 Å². The van der Waals surface area contributed by atoms with E-state index in [9.17, 15) is 0 Å². The largest absolute Gasteiger partial charge is 0.335 e. The molecule has 1 heteroatoms. The lowest BCUT2D eigenvalue weighted by atomic mass is 9.60. The average molecular weight is 530 g/mol. The van der Waals surface area contributed by atoms with Gasteiger partial charge in [0.1, 0.15) is 0 Å². The zero-order valence-electron chi connectivity index (χ0n) is 26.5. The minimum Gasteiger partial charge on any atom is -0.335 e. The summed E-state index contributed by atoms with van der Waals surface area (Å²) in [5, 5.41) is 2.65. The number of nitrogens with zero attached hydrogens (tertiary/aromatic N) is 1. The third-order valence-corrected chi connectivity index (χ3v) is 9.54. The highest BCUT2D eigenvalue weighted by Gasteiger charge is 2.40. The van der Waals surface area contributed by atoms with E-state index in [0.29, 0.717) is 0 Å². The first-order valence-corrected chi connectivity index (χ1v) is 14.8. The van der Waals surface area contributed by atoms with Crippen LogP contribution in [0.3, 0.4) is 0 Å². The molecule has 1 heterocycles. The Morgan fingerprint density at radius 3 is 1.73 bits per heavy atom. The lowest BCUT2D eigenvalue weighted by molar-refractivity contribution is 0.303. The van der Waals surface area contributed by atoms with Crippen LogP contribution in [0.4, 0.5) is 0 Å². The van der Waals surface area contributed by atoms with Crippen LogP contribution in [0.25, 0.3) is 32.9 Å². The molecule has 0 saturated heterocycles. The van der Waals surface area contributed by atoms with Crippen molar-refractivity contribution in [3.05, 3.63) is 107 Å². The SMILES string of the molecule is Cc1ccc(C(C)(C)C(C)(C)c2ccc(C(C)(C)C)c(-c3ccc4c5ccccc5n(C(C)(C)C)c4c3)c2)cc1. The van der Waals surface area contributed by atoms with Gasteiger partial charge in [0.05, 0.1) is 5.52 Å². The fraction of sp³-hybridized carbons (Fsp3) is 0.385. The van der Waals surface area contributed by atoms with Gasteiger partial charge in [-0.25, -0.2) is 0 Å². The van der Waals surface area contributed by atoms with Gasteiger partial charge in [-0.05, 0) is 83.9 Å². The van der Waals surface area contributed by atoms with Gasteiger partial charge < -0.3 is 4.57 Å². The number of benzene rings is 4. The Kier molecular flexibility index (Phi) is 6.61. The number of hydrogen-bond acceptors (Lipinski definition) is 0. The summed E-state index contributed by atoms with van der Waals surface area (Å²) in [6.07, 6.45) is 0. The standard InChI is InChI=1S/C39H47N/c1-26-16-19-28(20-17-26)38(8,9)39(10,11)29-21-23-33(36(2,3)4)32(25-29)27-18-22-31-30-14-12-13-15-34(30)40(35(31)24-27)37(5,6)7/h12-25H,1-11H3. The summed E-state index contributed by atoms with van der Waals surface area (Å²) in [4.78, 5) is 0. The van der Waals surface area contributed by atoms with E-state index in [1.54, 1.807) is 0 Å². The Hall–Kier alpha value is -3.32. The van der Waals surface area contributed by atoms with Crippen LogP contribution in [-0.2, 0) is 21.8 Å². The first kappa shape index (κ1) is 28.2. The molecule has 0 N–H and O–H groups in total. The molecule has 0 atom stereocenters. The lowest BCUT2D eigenvalue weighted by Gasteiger charge is -2.43. The van der Waals surface area contributed by atoms with Crippen LogP contribution in [0.2, 0.25) is 0 Å². The van der Waals surface area contributed by atoms with E-state index < -0.39 is 0 Å². The molecule has 208 valence electrons. The molecule has 0 aliphatic rings. The molecule has 40 heavy (non-hydrogen) atoms. The van der Waals surface area contributed by atoms with Crippen molar-refractivity contribution in [2.75, 3.05) is 0 Å². The van der Waals surface area contributed by atoms with Gasteiger partial charge in [-0.15, -0.1) is 0 Å². The fourth-order valence-corrected chi connectivity index (χ4v) is 6.38. The molecular formula is C39H47N. The molecule has 1 nitrogen and oxygen atoms in total. The van der Waals surface area contributed by atoms with Crippen molar-refractivity contribution in [3.8, 4) is 11.1 Å². The van der Waals surface area contributed by atoms with Crippen molar-refractivity contribution < 1.29 is 0 Å². The van der Waals surface area contributed by atoms with Crippen LogP contribution in [0.15, 0.2) is 84.9 Å². The van der Waals surface area contributed by atoms with Crippen LogP contribution < -0.4 is 0 Å². The van der Waals surface area contributed by atoms with Crippen molar-refractivity contribution in [2.45, 2.75) is 97.9 Å². The maximum absolute atomic E-state index is 2.52. The van der Waals surface area contributed by atoms with Crippen LogP contribution in [-0.4, -0.2) is 4.57 Å². The van der Waals surface area contributed by atoms with Crippen LogP contribution in [0.1, 0.15) is 91.5 Å². The van der Waals surface area contributed by atoms with Gasteiger partial charge in [-0.1, -0.05) is 127 Å². The highest BCUT2D eigenvalue weighted by molar-refractivity contribution is 6.09. The fourth-order valence-electron chi connectivity index (χ4n) is 6.38. The quantitative estimate of drug-likeness (QED) is 0.218. The number of aryl methyl sites for hydroxylation is 1. The summed E-state index contributed by atoms with van der Waals surface area (Å²) in [6.45, 7) is 25.7. The van der Waals surface area contributed by atoms with Gasteiger partial charge in [0.25, 0.3) is 0 Å². The van der Waals surface area contributed by atoms with E-state index in [1.807, 2.05) is 0 Å². The van der Waals surface area contributed by atoms with Gasteiger partial charge in [-0.2, -0.15) is 0 Å². The summed E-state index contributed by atoms with van der Waals surface area (Å²) in [5.41, 5.74) is 10.5. The monoisotopic (exact) mass is 529 g/mol. The molecule has 1 aromatic heterocycles. The molecule has 0 amide bonds. The average Bonchev–Trinajstić information content (AvgIpc) is 3.22. The van der Waals surface area contributed by atoms with Crippen LogP contribution >= 0.6 is 0 Å². The number of rotatable bonds is 4. The molecule has 0 spiro atoms. The molecule has 5 rings (SSSR count). The molecule has 0 radical (unpaired) electrons. The number of aromatic nitrogens is 1. The second-order valence-corrected chi connectivity index (χ2v) is 14.9. The molecule has 0 aliphatic carbocycles. The minimum atomic E-state index is -0.0855. The molecule has 5 aromatic rings.